The van der Waals surface area contributed by atoms with Gasteiger partial charge in [-0.3, -0.25) is 9.59 Å². The first-order chi connectivity index (χ1) is 16.1. The fraction of sp³-hybridized carbons (Fsp3) is 0.806. The van der Waals surface area contributed by atoms with Gasteiger partial charge in [0.25, 0.3) is 0 Å². The Labute approximate surface area is 212 Å². The van der Waals surface area contributed by atoms with E-state index >= 15 is 0 Å². The maximum absolute atomic E-state index is 14.3. The van der Waals surface area contributed by atoms with Crippen molar-refractivity contribution >= 4 is 11.8 Å². The summed E-state index contributed by atoms with van der Waals surface area (Å²) < 4.78 is 5.20. The van der Waals surface area contributed by atoms with Crippen LogP contribution >= 0.6 is 0 Å². The third-order valence-electron chi connectivity index (χ3n) is 12.6. The van der Waals surface area contributed by atoms with Crippen LogP contribution in [0.3, 0.4) is 0 Å². The number of ether oxygens (including phenoxy) is 1. The third-order valence-corrected chi connectivity index (χ3v) is 12.6. The number of allylic oxidation sites excluding steroid dienone is 3. The van der Waals surface area contributed by atoms with Gasteiger partial charge in [-0.1, -0.05) is 47.6 Å². The van der Waals surface area contributed by atoms with E-state index in [-0.39, 0.29) is 50.8 Å². The number of methoxy groups -OCH3 is 1. The Morgan fingerprint density at radius 2 is 1.57 bits per heavy atom. The second-order valence-electron chi connectivity index (χ2n) is 14.6. The molecule has 5 rings (SSSR count). The lowest BCUT2D eigenvalue weighted by molar-refractivity contribution is -0.197. The molecular weight excluding hydrogens is 436 g/mol. The number of hydrogen-bond acceptors (Lipinski definition) is 4. The molecule has 5 aliphatic carbocycles. The average molecular weight is 483 g/mol. The predicted molar refractivity (Wildman–Crippen MR) is 137 cm³/mol. The van der Waals surface area contributed by atoms with Crippen molar-refractivity contribution in [3.63, 3.8) is 0 Å². The molecule has 4 nitrogen and oxygen atoms in total. The van der Waals surface area contributed by atoms with Crippen molar-refractivity contribution in [1.29, 1.82) is 0 Å². The third kappa shape index (κ3) is 3.01. The molecule has 0 saturated heterocycles. The molecule has 0 aliphatic heterocycles. The van der Waals surface area contributed by atoms with Crippen LogP contribution in [0.25, 0.3) is 0 Å². The Hall–Kier alpha value is -1.42. The van der Waals surface area contributed by atoms with Crippen molar-refractivity contribution < 1.29 is 19.4 Å². The maximum Gasteiger partial charge on any atom is 0.315 e. The molecule has 3 saturated carbocycles. The first kappa shape index (κ1) is 25.2. The topological polar surface area (TPSA) is 63.6 Å². The lowest BCUT2D eigenvalue weighted by Gasteiger charge is -2.69. The minimum absolute atomic E-state index is 0.000392. The molecule has 1 N–H and O–H groups in total. The van der Waals surface area contributed by atoms with E-state index in [1.165, 1.54) is 18.3 Å². The first-order valence-electron chi connectivity index (χ1n) is 13.9. The van der Waals surface area contributed by atoms with E-state index in [0.717, 1.165) is 51.4 Å². The van der Waals surface area contributed by atoms with Gasteiger partial charge in [0.05, 0.1) is 18.6 Å². The SMILES string of the molecule is COC(=O)[C@]1(C)C=C2C3=CC(=O)C4[C@@]5(C)CCC(O)C(C)(C)C5CC[C@@]4(C)[C@]3(C)CC[C@@]2(C)CC1. The number of aliphatic hydroxyl groups excluding tert-OH is 1. The monoisotopic (exact) mass is 482 g/mol. The fourth-order valence-corrected chi connectivity index (χ4v) is 9.98. The summed E-state index contributed by atoms with van der Waals surface area (Å²) in [5.74, 6) is 0.400. The molecule has 3 fully saturated rings. The van der Waals surface area contributed by atoms with Crippen LogP contribution in [0.1, 0.15) is 99.8 Å². The van der Waals surface area contributed by atoms with Crippen molar-refractivity contribution in [3.05, 3.63) is 23.3 Å². The minimum atomic E-state index is -0.642. The maximum atomic E-state index is 14.3. The van der Waals surface area contributed by atoms with Crippen LogP contribution in [0.15, 0.2) is 23.3 Å². The van der Waals surface area contributed by atoms with Crippen molar-refractivity contribution in [2.75, 3.05) is 7.11 Å². The van der Waals surface area contributed by atoms with Crippen molar-refractivity contribution in [2.24, 2.45) is 44.3 Å². The molecule has 0 heterocycles. The van der Waals surface area contributed by atoms with Crippen molar-refractivity contribution in [3.8, 4) is 0 Å². The molecule has 194 valence electrons. The van der Waals surface area contributed by atoms with Gasteiger partial charge < -0.3 is 9.84 Å². The molecule has 0 amide bonds. The fourth-order valence-electron chi connectivity index (χ4n) is 9.98. The van der Waals surface area contributed by atoms with Crippen LogP contribution in [-0.2, 0) is 14.3 Å². The molecule has 5 aliphatic rings. The minimum Gasteiger partial charge on any atom is -0.468 e. The summed E-state index contributed by atoms with van der Waals surface area (Å²) in [6, 6.07) is 0. The van der Waals surface area contributed by atoms with Gasteiger partial charge in [-0.15, -0.1) is 0 Å². The van der Waals surface area contributed by atoms with Crippen LogP contribution in [0.2, 0.25) is 0 Å². The van der Waals surface area contributed by atoms with E-state index in [4.69, 9.17) is 4.74 Å². The molecule has 0 spiro atoms. The van der Waals surface area contributed by atoms with Gasteiger partial charge in [-0.2, -0.15) is 0 Å². The van der Waals surface area contributed by atoms with E-state index in [1.54, 1.807) is 0 Å². The normalized spacial score (nSPS) is 50.5. The number of fused-ring (bicyclic) bond motifs is 7. The second-order valence-corrected chi connectivity index (χ2v) is 14.6. The van der Waals surface area contributed by atoms with Crippen LogP contribution in [0, 0.1) is 44.3 Å². The number of carbonyl (C=O) groups is 2. The largest absolute Gasteiger partial charge is 0.468 e. The standard InChI is InChI=1S/C31H46O4/c1-26(2)22-9-12-31(7)24(29(22,5)11-10-23(26)33)21(32)17-19-20-18-28(4,25(34)35-8)14-13-27(20,3)15-16-30(19,31)6/h17-18,22-24,33H,9-16H2,1-8H3/t22?,23?,24?,27-,28+,29+,30-,31-/m1/s1. The Balaban J connectivity index is 1.67. The zero-order chi connectivity index (χ0) is 25.8. The quantitative estimate of drug-likeness (QED) is 0.438. The number of ketones is 1. The molecule has 0 aromatic heterocycles. The summed E-state index contributed by atoms with van der Waals surface area (Å²) in [6.07, 6.45) is 11.5. The zero-order valence-corrected chi connectivity index (χ0v) is 23.2. The second kappa shape index (κ2) is 7.33. The zero-order valence-electron chi connectivity index (χ0n) is 23.2. The molecule has 0 aromatic carbocycles. The number of aliphatic hydroxyl groups is 1. The summed E-state index contributed by atoms with van der Waals surface area (Å²) in [4.78, 5) is 27.0. The van der Waals surface area contributed by atoms with Gasteiger partial charge >= 0.3 is 5.97 Å². The highest BCUT2D eigenvalue weighted by atomic mass is 16.5. The van der Waals surface area contributed by atoms with Gasteiger partial charge in [0.1, 0.15) is 0 Å². The Morgan fingerprint density at radius 1 is 0.914 bits per heavy atom. The van der Waals surface area contributed by atoms with Crippen molar-refractivity contribution in [1.82, 2.24) is 0 Å². The lowest BCUT2D eigenvalue weighted by Crippen LogP contribution is -2.65. The molecule has 8 atom stereocenters. The Kier molecular flexibility index (Phi) is 5.29. The molecule has 0 aromatic rings. The van der Waals surface area contributed by atoms with E-state index in [9.17, 15) is 14.7 Å². The number of esters is 1. The van der Waals surface area contributed by atoms with Crippen molar-refractivity contribution in [2.45, 2.75) is 106 Å². The highest BCUT2D eigenvalue weighted by Gasteiger charge is 2.69. The summed E-state index contributed by atoms with van der Waals surface area (Å²) in [6.45, 7) is 15.9. The lowest BCUT2D eigenvalue weighted by atomic mass is 9.34. The summed E-state index contributed by atoms with van der Waals surface area (Å²) >= 11 is 0. The number of rotatable bonds is 1. The Morgan fingerprint density at radius 3 is 2.23 bits per heavy atom. The van der Waals surface area contributed by atoms with Crippen LogP contribution < -0.4 is 0 Å². The highest BCUT2D eigenvalue weighted by Crippen LogP contribution is 2.74. The molecule has 0 bridgehead atoms. The summed E-state index contributed by atoms with van der Waals surface area (Å²) in [5.41, 5.74) is 1.24. The van der Waals surface area contributed by atoms with Gasteiger partial charge in [-0.25, -0.2) is 0 Å². The molecule has 0 radical (unpaired) electrons. The van der Waals surface area contributed by atoms with E-state index in [2.05, 4.69) is 47.6 Å². The number of hydrogen-bond donors (Lipinski definition) is 1. The van der Waals surface area contributed by atoms with E-state index in [0.29, 0.717) is 5.92 Å². The highest BCUT2D eigenvalue weighted by molar-refractivity contribution is 5.96. The molecule has 35 heavy (non-hydrogen) atoms. The van der Waals surface area contributed by atoms with Gasteiger partial charge in [0.15, 0.2) is 5.78 Å². The van der Waals surface area contributed by atoms with Gasteiger partial charge in [0, 0.05) is 5.92 Å². The van der Waals surface area contributed by atoms with Crippen LogP contribution in [-0.4, -0.2) is 30.1 Å². The van der Waals surface area contributed by atoms with Gasteiger partial charge in [0.2, 0.25) is 0 Å². The van der Waals surface area contributed by atoms with E-state index < -0.39 is 5.41 Å². The summed E-state index contributed by atoms with van der Waals surface area (Å²) in [7, 11) is 1.47. The smallest absolute Gasteiger partial charge is 0.315 e. The molecule has 4 heteroatoms. The molecular formula is C31H46O4. The van der Waals surface area contributed by atoms with Crippen LogP contribution in [0.4, 0.5) is 0 Å². The van der Waals surface area contributed by atoms with Crippen LogP contribution in [0.5, 0.6) is 0 Å². The number of carbonyl (C=O) groups excluding carboxylic acids is 2. The predicted octanol–water partition coefficient (Wildman–Crippen LogP) is 6.42. The Bertz CT molecular complexity index is 1040. The van der Waals surface area contributed by atoms with E-state index in [1.807, 2.05) is 13.0 Å². The first-order valence-corrected chi connectivity index (χ1v) is 13.9. The molecule has 3 unspecified atom stereocenters. The summed E-state index contributed by atoms with van der Waals surface area (Å²) in [5, 5.41) is 10.9. The van der Waals surface area contributed by atoms with Gasteiger partial charge in [-0.05, 0) is 109 Å². The average Bonchev–Trinajstić information content (AvgIpc) is 2.78.